The van der Waals surface area contributed by atoms with E-state index in [1.807, 2.05) is 0 Å². The van der Waals surface area contributed by atoms with Crippen LogP contribution in [0.3, 0.4) is 0 Å². The highest BCUT2D eigenvalue weighted by Gasteiger charge is 2.34. The quantitative estimate of drug-likeness (QED) is 0.755. The first-order valence-corrected chi connectivity index (χ1v) is 10.5. The number of fused-ring (bicyclic) bond motifs is 1. The molecule has 2 aliphatic rings. The van der Waals surface area contributed by atoms with Crippen molar-refractivity contribution in [2.45, 2.75) is 44.9 Å². The normalized spacial score (nSPS) is 21.1. The average molecular weight is 423 g/mol. The number of benzene rings is 1. The summed E-state index contributed by atoms with van der Waals surface area (Å²) in [5.74, 6) is 0.0805. The van der Waals surface area contributed by atoms with Crippen molar-refractivity contribution in [3.63, 3.8) is 0 Å². The van der Waals surface area contributed by atoms with Gasteiger partial charge in [-0.05, 0) is 38.5 Å². The number of ether oxygens (including phenoxy) is 3. The highest BCUT2D eigenvalue weighted by molar-refractivity contribution is 7.09. The molecular formula is C20H23ClN2O4S. The Bertz CT molecular complexity index is 975. The zero-order valence-corrected chi connectivity index (χ0v) is 17.7. The number of hydrogen-bond acceptors (Lipinski definition) is 5. The van der Waals surface area contributed by atoms with Crippen molar-refractivity contribution in [1.29, 1.82) is 0 Å². The standard InChI is InChI=1S/C20H23ClN2O4S/c1-20(2)17-15(7-9-27-20)23(11-13-6-8-26-13)19(28-17)22-18(24)14-10-12(21)4-5-16(14)25-3/h4-5,10,13H,6-9,11H2,1-3H3/b22-19-. The van der Waals surface area contributed by atoms with Crippen LogP contribution >= 0.6 is 22.9 Å². The van der Waals surface area contributed by atoms with E-state index in [0.29, 0.717) is 34.3 Å². The first-order valence-electron chi connectivity index (χ1n) is 9.30. The second kappa shape index (κ2) is 7.63. The molecule has 1 saturated heterocycles. The van der Waals surface area contributed by atoms with Gasteiger partial charge in [0.25, 0.3) is 5.91 Å². The van der Waals surface area contributed by atoms with E-state index in [1.165, 1.54) is 24.1 Å². The van der Waals surface area contributed by atoms with E-state index >= 15 is 0 Å². The molecule has 2 aromatic rings. The SMILES string of the molecule is COc1ccc(Cl)cc1C(=O)/N=c1\sc2c(n1CC1CCO1)CCOC2(C)C. The van der Waals surface area contributed by atoms with E-state index in [-0.39, 0.29) is 12.0 Å². The van der Waals surface area contributed by atoms with E-state index in [1.54, 1.807) is 18.2 Å². The molecule has 1 fully saturated rings. The lowest BCUT2D eigenvalue weighted by molar-refractivity contribution is -0.0617. The van der Waals surface area contributed by atoms with Gasteiger partial charge in [-0.25, -0.2) is 0 Å². The van der Waals surface area contributed by atoms with Crippen molar-refractivity contribution in [2.24, 2.45) is 4.99 Å². The zero-order valence-electron chi connectivity index (χ0n) is 16.2. The number of aromatic nitrogens is 1. The third-order valence-corrected chi connectivity index (χ3v) is 6.79. The Morgan fingerprint density at radius 3 is 2.89 bits per heavy atom. The molecule has 8 heteroatoms. The third kappa shape index (κ3) is 3.64. The molecule has 1 unspecified atom stereocenters. The largest absolute Gasteiger partial charge is 0.496 e. The minimum Gasteiger partial charge on any atom is -0.496 e. The maximum absolute atomic E-state index is 13.0. The van der Waals surface area contributed by atoms with Gasteiger partial charge in [-0.3, -0.25) is 4.79 Å². The van der Waals surface area contributed by atoms with Gasteiger partial charge < -0.3 is 18.8 Å². The van der Waals surface area contributed by atoms with Gasteiger partial charge in [0, 0.05) is 23.7 Å². The topological polar surface area (TPSA) is 62.0 Å². The number of methoxy groups -OCH3 is 1. The van der Waals surface area contributed by atoms with Gasteiger partial charge in [0.15, 0.2) is 4.80 Å². The number of carbonyl (C=O) groups excluding carboxylic acids is 1. The maximum atomic E-state index is 13.0. The number of carbonyl (C=O) groups is 1. The fourth-order valence-corrected chi connectivity index (χ4v) is 4.94. The van der Waals surface area contributed by atoms with Crippen molar-refractivity contribution in [3.8, 4) is 5.75 Å². The van der Waals surface area contributed by atoms with Crippen molar-refractivity contribution >= 4 is 28.8 Å². The van der Waals surface area contributed by atoms with E-state index in [0.717, 1.165) is 24.3 Å². The smallest absolute Gasteiger partial charge is 0.283 e. The summed E-state index contributed by atoms with van der Waals surface area (Å²) in [6.45, 7) is 6.24. The van der Waals surface area contributed by atoms with E-state index in [4.69, 9.17) is 25.8 Å². The second-order valence-electron chi connectivity index (χ2n) is 7.42. The molecule has 6 nitrogen and oxygen atoms in total. The minimum absolute atomic E-state index is 0.166. The Kier molecular flexibility index (Phi) is 5.35. The predicted molar refractivity (Wildman–Crippen MR) is 107 cm³/mol. The van der Waals surface area contributed by atoms with E-state index in [2.05, 4.69) is 23.4 Å². The second-order valence-corrected chi connectivity index (χ2v) is 8.84. The molecule has 150 valence electrons. The van der Waals surface area contributed by atoms with Gasteiger partial charge in [-0.2, -0.15) is 4.99 Å². The summed E-state index contributed by atoms with van der Waals surface area (Å²) in [6, 6.07) is 4.96. The minimum atomic E-state index is -0.398. The Labute approximate surface area is 172 Å². The van der Waals surface area contributed by atoms with E-state index in [9.17, 15) is 4.79 Å². The first-order chi connectivity index (χ1) is 13.4. The van der Waals surface area contributed by atoms with Crippen LogP contribution in [-0.2, 0) is 28.0 Å². The highest BCUT2D eigenvalue weighted by atomic mass is 35.5. The first kappa shape index (κ1) is 19.6. The van der Waals surface area contributed by atoms with Crippen LogP contribution in [0.4, 0.5) is 0 Å². The summed E-state index contributed by atoms with van der Waals surface area (Å²) in [5.41, 5.74) is 1.13. The molecule has 0 saturated carbocycles. The van der Waals surface area contributed by atoms with Crippen LogP contribution in [0.5, 0.6) is 5.75 Å². The van der Waals surface area contributed by atoms with Crippen LogP contribution < -0.4 is 9.54 Å². The number of amides is 1. The maximum Gasteiger partial charge on any atom is 0.283 e. The molecule has 4 rings (SSSR count). The number of hydrogen-bond donors (Lipinski definition) is 0. The molecule has 0 aliphatic carbocycles. The summed E-state index contributed by atoms with van der Waals surface area (Å²) in [5, 5.41) is 0.468. The summed E-state index contributed by atoms with van der Waals surface area (Å²) >= 11 is 7.59. The van der Waals surface area contributed by atoms with Gasteiger partial charge in [0.2, 0.25) is 0 Å². The Morgan fingerprint density at radius 2 is 2.21 bits per heavy atom. The van der Waals surface area contributed by atoms with Gasteiger partial charge in [0.1, 0.15) is 5.75 Å². The van der Waals surface area contributed by atoms with Crippen LogP contribution in [0.25, 0.3) is 0 Å². The zero-order chi connectivity index (χ0) is 19.9. The van der Waals surface area contributed by atoms with Crippen LogP contribution in [0.2, 0.25) is 5.02 Å². The number of halogens is 1. The van der Waals surface area contributed by atoms with Crippen molar-refractivity contribution < 1.29 is 19.0 Å². The molecule has 0 bridgehead atoms. The Hall–Kier alpha value is -1.67. The van der Waals surface area contributed by atoms with Crippen LogP contribution in [0, 0.1) is 0 Å². The molecule has 28 heavy (non-hydrogen) atoms. The molecular weight excluding hydrogens is 400 g/mol. The van der Waals surface area contributed by atoms with Gasteiger partial charge >= 0.3 is 0 Å². The molecule has 1 amide bonds. The molecule has 1 aromatic carbocycles. The number of nitrogens with zero attached hydrogens (tertiary/aromatic N) is 2. The number of thiazole rings is 1. The number of rotatable bonds is 4. The molecule has 0 radical (unpaired) electrons. The lowest BCUT2D eigenvalue weighted by atomic mass is 10.0. The monoisotopic (exact) mass is 422 g/mol. The fourth-order valence-electron chi connectivity index (χ4n) is 3.53. The molecule has 2 aliphatic heterocycles. The molecule has 1 aromatic heterocycles. The molecule has 1 atom stereocenters. The van der Waals surface area contributed by atoms with Crippen molar-refractivity contribution in [1.82, 2.24) is 4.57 Å². The molecule has 0 spiro atoms. The fraction of sp³-hybridized carbons (Fsp3) is 0.500. The van der Waals surface area contributed by atoms with Crippen LogP contribution in [0.1, 0.15) is 41.2 Å². The van der Waals surface area contributed by atoms with Gasteiger partial charge in [-0.15, -0.1) is 0 Å². The summed E-state index contributed by atoms with van der Waals surface area (Å²) in [6.07, 6.45) is 1.98. The average Bonchev–Trinajstić information content (AvgIpc) is 2.96. The Balaban J connectivity index is 1.81. The summed E-state index contributed by atoms with van der Waals surface area (Å²) in [7, 11) is 1.53. The molecule has 0 N–H and O–H groups in total. The van der Waals surface area contributed by atoms with Crippen LogP contribution in [0.15, 0.2) is 23.2 Å². The van der Waals surface area contributed by atoms with Crippen molar-refractivity contribution in [3.05, 3.63) is 44.2 Å². The lowest BCUT2D eigenvalue weighted by Gasteiger charge is -2.32. The lowest BCUT2D eigenvalue weighted by Crippen LogP contribution is -2.36. The Morgan fingerprint density at radius 1 is 1.43 bits per heavy atom. The third-order valence-electron chi connectivity index (χ3n) is 5.13. The van der Waals surface area contributed by atoms with Gasteiger partial charge in [0.05, 0.1) is 42.4 Å². The predicted octanol–water partition coefficient (Wildman–Crippen LogP) is 3.55. The molecule has 3 heterocycles. The van der Waals surface area contributed by atoms with Crippen LogP contribution in [-0.4, -0.2) is 36.9 Å². The highest BCUT2D eigenvalue weighted by Crippen LogP contribution is 2.35. The van der Waals surface area contributed by atoms with Crippen molar-refractivity contribution in [2.75, 3.05) is 20.3 Å². The summed E-state index contributed by atoms with van der Waals surface area (Å²) < 4.78 is 19.0. The van der Waals surface area contributed by atoms with Gasteiger partial charge in [-0.1, -0.05) is 22.9 Å². The summed E-state index contributed by atoms with van der Waals surface area (Å²) in [4.78, 5) is 19.2. The van der Waals surface area contributed by atoms with E-state index < -0.39 is 5.60 Å².